The lowest BCUT2D eigenvalue weighted by atomic mass is 9.93. The van der Waals surface area contributed by atoms with Gasteiger partial charge in [0.25, 0.3) is 0 Å². The molecule has 1 aromatic rings. The van der Waals surface area contributed by atoms with Crippen molar-refractivity contribution in [1.82, 2.24) is 5.32 Å². The predicted molar refractivity (Wildman–Crippen MR) is 91.8 cm³/mol. The Balaban J connectivity index is 1.56. The van der Waals surface area contributed by atoms with E-state index in [0.717, 1.165) is 5.56 Å². The van der Waals surface area contributed by atoms with Crippen LogP contribution in [0.5, 0.6) is 0 Å². The van der Waals surface area contributed by atoms with Crippen molar-refractivity contribution in [2.45, 2.75) is 43.8 Å². The summed E-state index contributed by atoms with van der Waals surface area (Å²) in [6, 6.07) is 7.37. The van der Waals surface area contributed by atoms with Gasteiger partial charge in [0.2, 0.25) is 5.91 Å². The first-order chi connectivity index (χ1) is 11.9. The van der Waals surface area contributed by atoms with Crippen molar-refractivity contribution in [3.05, 3.63) is 29.8 Å². The number of hydrogen-bond donors (Lipinski definition) is 2. The van der Waals surface area contributed by atoms with E-state index in [-0.39, 0.29) is 12.5 Å². The van der Waals surface area contributed by atoms with Crippen LogP contribution in [0.2, 0.25) is 0 Å². The number of terminal acetylenes is 1. The average molecular weight is 340 g/mol. The van der Waals surface area contributed by atoms with E-state index in [1.807, 2.05) is 31.2 Å². The van der Waals surface area contributed by atoms with E-state index in [2.05, 4.69) is 26.8 Å². The minimum atomic E-state index is -0.594. The smallest absolute Gasteiger partial charge is 0.408 e. The number of carbonyl (C=O) groups is 2. The summed E-state index contributed by atoms with van der Waals surface area (Å²) in [5.74, 6) is 2.47. The molecule has 2 heterocycles. The summed E-state index contributed by atoms with van der Waals surface area (Å²) in [6.07, 6.45) is 6.98. The second-order valence-electron chi connectivity index (χ2n) is 6.55. The maximum absolute atomic E-state index is 12.2. The standard InChI is InChI=1S/C18H20N4O3/c1-3-4-9-18(21-22-18)10-8-15(23)19-14-7-5-6-13(11-14)17(2)12-25-16(24)20-17/h1,5-7,11H,4,8-10,12H2,2H3,(H,19,23)(H,20,24). The van der Waals surface area contributed by atoms with E-state index in [0.29, 0.717) is 31.4 Å². The highest BCUT2D eigenvalue weighted by atomic mass is 16.6. The Labute approximate surface area is 146 Å². The van der Waals surface area contributed by atoms with Crippen LogP contribution < -0.4 is 10.6 Å². The van der Waals surface area contributed by atoms with Crippen LogP contribution in [-0.2, 0) is 15.1 Å². The van der Waals surface area contributed by atoms with Crippen molar-refractivity contribution in [2.24, 2.45) is 10.2 Å². The topological polar surface area (TPSA) is 92.1 Å². The Morgan fingerprint density at radius 1 is 1.44 bits per heavy atom. The molecule has 3 rings (SSSR count). The minimum absolute atomic E-state index is 0.105. The molecule has 2 N–H and O–H groups in total. The summed E-state index contributed by atoms with van der Waals surface area (Å²) in [5, 5.41) is 13.7. The van der Waals surface area contributed by atoms with Crippen molar-refractivity contribution in [3.8, 4) is 12.3 Å². The maximum atomic E-state index is 12.2. The van der Waals surface area contributed by atoms with Gasteiger partial charge in [0.1, 0.15) is 6.61 Å². The lowest BCUT2D eigenvalue weighted by Crippen LogP contribution is -2.37. The fourth-order valence-electron chi connectivity index (χ4n) is 2.81. The first kappa shape index (κ1) is 17.0. The van der Waals surface area contributed by atoms with Crippen molar-refractivity contribution in [2.75, 3.05) is 11.9 Å². The van der Waals surface area contributed by atoms with Crippen LogP contribution in [0.3, 0.4) is 0 Å². The number of carbonyl (C=O) groups excluding carboxylic acids is 2. The summed E-state index contributed by atoms with van der Waals surface area (Å²) in [4.78, 5) is 23.5. The first-order valence-electron chi connectivity index (χ1n) is 8.18. The number of benzene rings is 1. The van der Waals surface area contributed by atoms with Gasteiger partial charge in [-0.3, -0.25) is 4.79 Å². The third kappa shape index (κ3) is 3.97. The molecule has 0 saturated carbocycles. The molecule has 0 spiro atoms. The Hall–Kier alpha value is -2.88. The molecule has 2 amide bonds. The van der Waals surface area contributed by atoms with Crippen LogP contribution in [0.15, 0.2) is 34.5 Å². The molecule has 1 aromatic carbocycles. The first-order valence-corrected chi connectivity index (χ1v) is 8.18. The molecule has 2 aliphatic rings. The minimum Gasteiger partial charge on any atom is -0.447 e. The van der Waals surface area contributed by atoms with E-state index in [4.69, 9.17) is 11.2 Å². The largest absolute Gasteiger partial charge is 0.447 e. The molecule has 7 nitrogen and oxygen atoms in total. The van der Waals surface area contributed by atoms with Crippen LogP contribution in [0.1, 0.15) is 38.2 Å². The zero-order valence-electron chi connectivity index (χ0n) is 14.0. The van der Waals surface area contributed by atoms with Crippen LogP contribution >= 0.6 is 0 Å². The summed E-state index contributed by atoms with van der Waals surface area (Å²) >= 11 is 0. The highest BCUT2D eigenvalue weighted by Crippen LogP contribution is 2.37. The van der Waals surface area contributed by atoms with E-state index in [9.17, 15) is 9.59 Å². The molecule has 1 fully saturated rings. The van der Waals surface area contributed by atoms with E-state index in [1.165, 1.54) is 0 Å². The summed E-state index contributed by atoms with van der Waals surface area (Å²) in [5.41, 5.74) is 0.494. The third-order valence-corrected chi connectivity index (χ3v) is 4.46. The van der Waals surface area contributed by atoms with Gasteiger partial charge in [0.05, 0.1) is 5.54 Å². The second kappa shape index (κ2) is 6.55. The third-order valence-electron chi connectivity index (χ3n) is 4.46. The fourth-order valence-corrected chi connectivity index (χ4v) is 2.81. The zero-order valence-corrected chi connectivity index (χ0v) is 14.0. The van der Waals surface area contributed by atoms with Gasteiger partial charge in [-0.1, -0.05) is 12.1 Å². The SMILES string of the molecule is C#CCCC1(CCC(=O)Nc2cccc(C3(C)COC(=O)N3)c2)N=N1. The number of alkyl carbamates (subject to hydrolysis) is 1. The summed E-state index contributed by atoms with van der Waals surface area (Å²) in [6.45, 7) is 2.13. The van der Waals surface area contributed by atoms with Crippen molar-refractivity contribution in [1.29, 1.82) is 0 Å². The van der Waals surface area contributed by atoms with Gasteiger partial charge in [-0.15, -0.1) is 12.3 Å². The molecule has 0 radical (unpaired) electrons. The molecule has 7 heteroatoms. The van der Waals surface area contributed by atoms with E-state index < -0.39 is 17.3 Å². The van der Waals surface area contributed by atoms with Crippen LogP contribution in [0, 0.1) is 12.3 Å². The summed E-state index contributed by atoms with van der Waals surface area (Å²) in [7, 11) is 0. The predicted octanol–water partition coefficient (Wildman–Crippen LogP) is 2.94. The number of hydrogen-bond acceptors (Lipinski definition) is 5. The molecule has 0 aliphatic carbocycles. The van der Waals surface area contributed by atoms with Gasteiger partial charge in [-0.25, -0.2) is 4.79 Å². The lowest BCUT2D eigenvalue weighted by molar-refractivity contribution is -0.116. The number of nitrogens with zero attached hydrogens (tertiary/aromatic N) is 2. The number of nitrogens with one attached hydrogen (secondary N) is 2. The molecule has 0 bridgehead atoms. The van der Waals surface area contributed by atoms with Gasteiger partial charge in [-0.2, -0.15) is 10.2 Å². The second-order valence-corrected chi connectivity index (χ2v) is 6.55. The van der Waals surface area contributed by atoms with E-state index in [1.54, 1.807) is 0 Å². The molecule has 2 aliphatic heterocycles. The molecule has 1 saturated heterocycles. The monoisotopic (exact) mass is 340 g/mol. The molecule has 25 heavy (non-hydrogen) atoms. The van der Waals surface area contributed by atoms with Gasteiger partial charge in [0.15, 0.2) is 5.66 Å². The Bertz CT molecular complexity index is 762. The van der Waals surface area contributed by atoms with Crippen LogP contribution in [0.4, 0.5) is 10.5 Å². The van der Waals surface area contributed by atoms with Crippen LogP contribution in [0.25, 0.3) is 0 Å². The molecular formula is C18H20N4O3. The maximum Gasteiger partial charge on any atom is 0.408 e. The van der Waals surface area contributed by atoms with Crippen molar-refractivity contribution < 1.29 is 14.3 Å². The quantitative estimate of drug-likeness (QED) is 0.748. The van der Waals surface area contributed by atoms with Gasteiger partial charge < -0.3 is 15.4 Å². The highest BCUT2D eigenvalue weighted by Gasteiger charge is 2.39. The highest BCUT2D eigenvalue weighted by molar-refractivity contribution is 5.90. The number of rotatable bonds is 7. The number of cyclic esters (lactones) is 1. The average Bonchev–Trinajstić information content (AvgIpc) is 3.28. The van der Waals surface area contributed by atoms with Crippen molar-refractivity contribution in [3.63, 3.8) is 0 Å². The Morgan fingerprint density at radius 2 is 2.24 bits per heavy atom. The van der Waals surface area contributed by atoms with E-state index >= 15 is 0 Å². The Morgan fingerprint density at radius 3 is 2.88 bits per heavy atom. The molecular weight excluding hydrogens is 320 g/mol. The summed E-state index contributed by atoms with van der Waals surface area (Å²) < 4.78 is 4.99. The van der Waals surface area contributed by atoms with Gasteiger partial charge in [-0.05, 0) is 24.6 Å². The number of ether oxygens (including phenoxy) is 1. The molecule has 1 atom stereocenters. The molecule has 1 unspecified atom stereocenters. The lowest BCUT2D eigenvalue weighted by Gasteiger charge is -2.22. The van der Waals surface area contributed by atoms with Gasteiger partial charge >= 0.3 is 6.09 Å². The zero-order chi connectivity index (χ0) is 17.9. The molecule has 0 aromatic heterocycles. The van der Waals surface area contributed by atoms with Crippen LogP contribution in [-0.4, -0.2) is 24.3 Å². The Kier molecular flexibility index (Phi) is 4.45. The van der Waals surface area contributed by atoms with Crippen molar-refractivity contribution >= 4 is 17.7 Å². The number of amides is 2. The number of anilines is 1. The van der Waals surface area contributed by atoms with Gasteiger partial charge in [0, 0.05) is 31.4 Å². The molecule has 130 valence electrons. The normalized spacial score (nSPS) is 22.6. The fraction of sp³-hybridized carbons (Fsp3) is 0.444.